The molecule has 1 aliphatic rings. The Morgan fingerprint density at radius 2 is 1.56 bits per heavy atom. The van der Waals surface area contributed by atoms with E-state index in [-0.39, 0.29) is 12.1 Å². The van der Waals surface area contributed by atoms with E-state index in [4.69, 9.17) is 32.7 Å². The molecule has 0 spiro atoms. The van der Waals surface area contributed by atoms with Crippen LogP contribution in [0.25, 0.3) is 0 Å². The second-order valence-corrected chi connectivity index (χ2v) is 9.21. The van der Waals surface area contributed by atoms with E-state index < -0.39 is 0 Å². The number of benzene rings is 2. The minimum absolute atomic E-state index is 0.0713. The summed E-state index contributed by atoms with van der Waals surface area (Å²) in [4.78, 5) is 14.0. The van der Waals surface area contributed by atoms with Gasteiger partial charge in [0.25, 0.3) is 0 Å². The minimum Gasteiger partial charge on any atom is -0.466 e. The number of nitrogens with zero attached hydrogens (tertiary/aromatic N) is 1. The SMILES string of the molecule is CCOC(=O)CCCC1CCN(CCOC(c2ccc(Cl)cc2)c2ccc(Cl)cc2)CC1. The average Bonchev–Trinajstić information content (AvgIpc) is 2.79. The van der Waals surface area contributed by atoms with Crippen LogP contribution in [0.3, 0.4) is 0 Å². The summed E-state index contributed by atoms with van der Waals surface area (Å²) in [6.07, 6.45) is 4.79. The Labute approximate surface area is 201 Å². The predicted octanol–water partition coefficient (Wildman–Crippen LogP) is 6.54. The van der Waals surface area contributed by atoms with Gasteiger partial charge in [-0.15, -0.1) is 0 Å². The van der Waals surface area contributed by atoms with E-state index in [2.05, 4.69) is 4.90 Å². The van der Waals surface area contributed by atoms with Gasteiger partial charge in [-0.05, 0) is 87.0 Å². The van der Waals surface area contributed by atoms with Gasteiger partial charge in [-0.3, -0.25) is 4.79 Å². The van der Waals surface area contributed by atoms with Crippen molar-refractivity contribution in [1.82, 2.24) is 4.90 Å². The van der Waals surface area contributed by atoms with Crippen LogP contribution < -0.4 is 0 Å². The maximum absolute atomic E-state index is 11.5. The van der Waals surface area contributed by atoms with Crippen molar-refractivity contribution in [3.8, 4) is 0 Å². The summed E-state index contributed by atoms with van der Waals surface area (Å²) in [5, 5.41) is 1.43. The number of hydrogen-bond donors (Lipinski definition) is 0. The molecule has 0 saturated carbocycles. The number of ether oxygens (including phenoxy) is 2. The van der Waals surface area contributed by atoms with Gasteiger partial charge in [0, 0.05) is 23.0 Å². The largest absolute Gasteiger partial charge is 0.466 e. The van der Waals surface area contributed by atoms with Gasteiger partial charge in [0.2, 0.25) is 0 Å². The molecule has 0 bridgehead atoms. The molecule has 3 rings (SSSR count). The molecule has 0 aliphatic carbocycles. The highest BCUT2D eigenvalue weighted by Crippen LogP contribution is 2.28. The van der Waals surface area contributed by atoms with Crippen molar-refractivity contribution in [3.05, 3.63) is 69.7 Å². The number of piperidine rings is 1. The number of esters is 1. The normalized spacial score (nSPS) is 15.2. The molecule has 0 unspecified atom stereocenters. The lowest BCUT2D eigenvalue weighted by Crippen LogP contribution is -2.36. The van der Waals surface area contributed by atoms with Crippen LogP contribution in [0.5, 0.6) is 0 Å². The molecule has 2 aromatic rings. The Bertz CT molecular complexity index is 772. The van der Waals surface area contributed by atoms with E-state index in [0.29, 0.717) is 35.6 Å². The zero-order valence-corrected chi connectivity index (χ0v) is 20.3. The standard InChI is InChI=1S/C26H33Cl2NO3/c1-2-31-25(30)5-3-4-20-14-16-29(17-15-20)18-19-32-26(21-6-10-23(27)11-7-21)22-8-12-24(28)13-9-22/h6-13,20,26H,2-5,14-19H2,1H3. The molecular formula is C26H33Cl2NO3. The highest BCUT2D eigenvalue weighted by molar-refractivity contribution is 6.30. The highest BCUT2D eigenvalue weighted by atomic mass is 35.5. The van der Waals surface area contributed by atoms with Gasteiger partial charge in [0.05, 0.1) is 13.2 Å². The van der Waals surface area contributed by atoms with Gasteiger partial charge in [-0.25, -0.2) is 0 Å². The van der Waals surface area contributed by atoms with E-state index in [9.17, 15) is 4.79 Å². The predicted molar refractivity (Wildman–Crippen MR) is 130 cm³/mol. The summed E-state index contributed by atoms with van der Waals surface area (Å²) in [5.41, 5.74) is 2.16. The first-order chi connectivity index (χ1) is 15.5. The molecule has 0 atom stereocenters. The maximum Gasteiger partial charge on any atom is 0.305 e. The molecule has 4 nitrogen and oxygen atoms in total. The summed E-state index contributed by atoms with van der Waals surface area (Å²) in [5.74, 6) is 0.635. The van der Waals surface area contributed by atoms with Crippen LogP contribution in [0.4, 0.5) is 0 Å². The Morgan fingerprint density at radius 3 is 2.09 bits per heavy atom. The molecule has 6 heteroatoms. The first-order valence-corrected chi connectivity index (χ1v) is 12.3. The smallest absolute Gasteiger partial charge is 0.305 e. The van der Waals surface area contributed by atoms with Crippen LogP contribution in [0.2, 0.25) is 10.0 Å². The lowest BCUT2D eigenvalue weighted by atomic mass is 9.91. The monoisotopic (exact) mass is 477 g/mol. The number of halogens is 2. The highest BCUT2D eigenvalue weighted by Gasteiger charge is 2.20. The zero-order valence-electron chi connectivity index (χ0n) is 18.8. The maximum atomic E-state index is 11.5. The number of carbonyl (C=O) groups excluding carboxylic acids is 1. The van der Waals surface area contributed by atoms with Crippen molar-refractivity contribution in [1.29, 1.82) is 0 Å². The fourth-order valence-electron chi connectivity index (χ4n) is 4.23. The lowest BCUT2D eigenvalue weighted by Gasteiger charge is -2.32. The number of carbonyl (C=O) groups is 1. The molecule has 0 radical (unpaired) electrons. The molecule has 0 aromatic heterocycles. The van der Waals surface area contributed by atoms with Gasteiger partial charge >= 0.3 is 5.97 Å². The second-order valence-electron chi connectivity index (χ2n) is 8.34. The Morgan fingerprint density at radius 1 is 1.00 bits per heavy atom. The van der Waals surface area contributed by atoms with Crippen molar-refractivity contribution in [2.45, 2.75) is 45.1 Å². The third-order valence-corrected chi connectivity index (χ3v) is 6.55. The number of hydrogen-bond acceptors (Lipinski definition) is 4. The van der Waals surface area contributed by atoms with Crippen molar-refractivity contribution in [2.75, 3.05) is 32.8 Å². The van der Waals surface area contributed by atoms with Crippen LogP contribution in [0.1, 0.15) is 56.3 Å². The third kappa shape index (κ3) is 8.08. The van der Waals surface area contributed by atoms with Crippen LogP contribution >= 0.6 is 23.2 Å². The topological polar surface area (TPSA) is 38.8 Å². The molecule has 1 heterocycles. The molecule has 1 saturated heterocycles. The van der Waals surface area contributed by atoms with Gasteiger partial charge in [-0.1, -0.05) is 47.5 Å². The quantitative estimate of drug-likeness (QED) is 0.344. The minimum atomic E-state index is -0.148. The van der Waals surface area contributed by atoms with Crippen molar-refractivity contribution >= 4 is 29.2 Å². The molecule has 0 N–H and O–H groups in total. The first kappa shape index (κ1) is 25.0. The summed E-state index contributed by atoms with van der Waals surface area (Å²) < 4.78 is 11.4. The van der Waals surface area contributed by atoms with Crippen molar-refractivity contribution in [2.24, 2.45) is 5.92 Å². The van der Waals surface area contributed by atoms with Crippen molar-refractivity contribution < 1.29 is 14.3 Å². The molecule has 2 aromatic carbocycles. The third-order valence-electron chi connectivity index (χ3n) is 6.04. The zero-order chi connectivity index (χ0) is 22.8. The fraction of sp³-hybridized carbons (Fsp3) is 0.500. The first-order valence-electron chi connectivity index (χ1n) is 11.6. The van der Waals surface area contributed by atoms with E-state index in [0.717, 1.165) is 43.6 Å². The molecule has 1 aliphatic heterocycles. The Balaban J connectivity index is 1.44. The van der Waals surface area contributed by atoms with Crippen molar-refractivity contribution in [3.63, 3.8) is 0 Å². The molecule has 32 heavy (non-hydrogen) atoms. The van der Waals surface area contributed by atoms with E-state index >= 15 is 0 Å². The number of likely N-dealkylation sites (tertiary alicyclic amines) is 1. The summed E-state index contributed by atoms with van der Waals surface area (Å²) in [6.45, 7) is 6.05. The van der Waals surface area contributed by atoms with E-state index in [1.54, 1.807) is 0 Å². The van der Waals surface area contributed by atoms with E-state index in [1.807, 2.05) is 55.5 Å². The molecular weight excluding hydrogens is 445 g/mol. The van der Waals surface area contributed by atoms with Crippen LogP contribution in [0.15, 0.2) is 48.5 Å². The number of rotatable bonds is 11. The van der Waals surface area contributed by atoms with Gasteiger partial charge in [0.1, 0.15) is 6.10 Å². The van der Waals surface area contributed by atoms with Gasteiger partial charge in [-0.2, -0.15) is 0 Å². The Hall–Kier alpha value is -1.59. The molecule has 0 amide bonds. The molecule has 1 fully saturated rings. The summed E-state index contributed by atoms with van der Waals surface area (Å²) in [6, 6.07) is 15.7. The Kier molecular flexibility index (Phi) is 10.3. The van der Waals surface area contributed by atoms with E-state index in [1.165, 1.54) is 12.8 Å². The summed E-state index contributed by atoms with van der Waals surface area (Å²) in [7, 11) is 0. The van der Waals surface area contributed by atoms with Gasteiger partial charge in [0.15, 0.2) is 0 Å². The summed E-state index contributed by atoms with van der Waals surface area (Å²) >= 11 is 12.1. The fourth-order valence-corrected chi connectivity index (χ4v) is 4.48. The lowest BCUT2D eigenvalue weighted by molar-refractivity contribution is -0.143. The van der Waals surface area contributed by atoms with Crippen LogP contribution in [-0.2, 0) is 14.3 Å². The van der Waals surface area contributed by atoms with Crippen LogP contribution in [0, 0.1) is 5.92 Å². The van der Waals surface area contributed by atoms with Gasteiger partial charge < -0.3 is 14.4 Å². The molecule has 174 valence electrons. The van der Waals surface area contributed by atoms with Crippen LogP contribution in [-0.4, -0.2) is 43.7 Å². The second kappa shape index (κ2) is 13.2. The average molecular weight is 478 g/mol.